The van der Waals surface area contributed by atoms with E-state index in [0.717, 1.165) is 0 Å². The van der Waals surface area contributed by atoms with Crippen LogP contribution in [-0.4, -0.2) is 107 Å². The molecule has 7 rings (SSSR count). The van der Waals surface area contributed by atoms with Gasteiger partial charge in [0.25, 0.3) is 0 Å². The maximum atomic E-state index is 14.8. The molecule has 0 bridgehead atoms. The summed E-state index contributed by atoms with van der Waals surface area (Å²) in [4.78, 5) is 46.7. The number of rotatable bonds is 5. The van der Waals surface area contributed by atoms with E-state index in [-0.39, 0.29) is 68.5 Å². The molecular formula is C39H48N2O10. The first-order valence-electron chi connectivity index (χ1n) is 17.6. The molecule has 3 aliphatic heterocycles. The van der Waals surface area contributed by atoms with E-state index in [1.165, 1.54) is 12.1 Å². The second-order valence-electron chi connectivity index (χ2n) is 15.8. The lowest BCUT2D eigenvalue weighted by Crippen LogP contribution is -2.60. The van der Waals surface area contributed by atoms with E-state index in [1.807, 2.05) is 51.8 Å². The molecule has 0 spiro atoms. The van der Waals surface area contributed by atoms with E-state index < -0.39 is 65.1 Å². The van der Waals surface area contributed by atoms with Crippen LogP contribution >= 0.6 is 0 Å². The standard InChI is InChI=1S/C39H48N2O10/c1-16-11-21-31(36-28(16)24(42)14-27(50-36)39(6)19(4)51-39)35(46)30-22(33(21)44)12-20(25-13-23(40(7)8)32(43)17(2)48-25)29(34(30)45)26-15-38(5,41(9)10)37(47)18(3)49-26/h11-12,14,17-19,23,25-26,32,37,43,45,47H,13,15H2,1-10H3/t17-,18+,19+,23-,25-,26+,32-,37-,38-,39+/m1/s1. The molecule has 3 N–H and O–H groups in total. The van der Waals surface area contributed by atoms with Crippen LogP contribution in [0.3, 0.4) is 0 Å². The van der Waals surface area contributed by atoms with Crippen LogP contribution in [0.15, 0.2) is 27.4 Å². The van der Waals surface area contributed by atoms with Crippen LogP contribution in [0.2, 0.25) is 0 Å². The van der Waals surface area contributed by atoms with E-state index in [0.29, 0.717) is 17.5 Å². The van der Waals surface area contributed by atoms with Crippen molar-refractivity contribution >= 4 is 22.5 Å². The summed E-state index contributed by atoms with van der Waals surface area (Å²) < 4.78 is 24.9. The van der Waals surface area contributed by atoms with Gasteiger partial charge in [-0.1, -0.05) is 0 Å². The Morgan fingerprint density at radius 3 is 2.10 bits per heavy atom. The Morgan fingerprint density at radius 1 is 0.863 bits per heavy atom. The molecule has 12 nitrogen and oxygen atoms in total. The smallest absolute Gasteiger partial charge is 0.202 e. The van der Waals surface area contributed by atoms with E-state index in [9.17, 15) is 29.7 Å². The van der Waals surface area contributed by atoms with Crippen molar-refractivity contribution in [1.29, 1.82) is 0 Å². The molecule has 1 aliphatic carbocycles. The van der Waals surface area contributed by atoms with Gasteiger partial charge in [-0.05, 0) is 106 Å². The highest BCUT2D eigenvalue weighted by molar-refractivity contribution is 6.32. The molecule has 1 aromatic heterocycles. The van der Waals surface area contributed by atoms with Crippen molar-refractivity contribution in [3.8, 4) is 5.75 Å². The van der Waals surface area contributed by atoms with Crippen molar-refractivity contribution in [2.24, 2.45) is 0 Å². The van der Waals surface area contributed by atoms with Gasteiger partial charge in [0, 0.05) is 34.3 Å². The Bertz CT molecular complexity index is 2040. The molecule has 3 saturated heterocycles. The van der Waals surface area contributed by atoms with Crippen LogP contribution in [-0.2, 0) is 19.8 Å². The molecule has 4 aliphatic rings. The van der Waals surface area contributed by atoms with Gasteiger partial charge in [-0.25, -0.2) is 0 Å². The van der Waals surface area contributed by atoms with Gasteiger partial charge < -0.3 is 43.7 Å². The number of epoxide rings is 1. The minimum absolute atomic E-state index is 0.00449. The monoisotopic (exact) mass is 704 g/mol. The van der Waals surface area contributed by atoms with Crippen LogP contribution in [0.5, 0.6) is 5.75 Å². The summed E-state index contributed by atoms with van der Waals surface area (Å²) in [7, 11) is 7.47. The fourth-order valence-corrected chi connectivity index (χ4v) is 8.54. The van der Waals surface area contributed by atoms with Crippen molar-refractivity contribution in [3.63, 3.8) is 0 Å². The van der Waals surface area contributed by atoms with Gasteiger partial charge in [-0.15, -0.1) is 0 Å². The molecule has 0 saturated carbocycles. The largest absolute Gasteiger partial charge is 0.507 e. The molecule has 0 radical (unpaired) electrons. The number of carbonyl (C=O) groups is 2. The molecule has 12 heteroatoms. The van der Waals surface area contributed by atoms with Crippen molar-refractivity contribution in [2.75, 3.05) is 28.2 Å². The highest BCUT2D eigenvalue weighted by Gasteiger charge is 2.54. The summed E-state index contributed by atoms with van der Waals surface area (Å²) in [6, 6.07) is 4.22. The number of aliphatic hydroxyl groups excluding tert-OH is 2. The average molecular weight is 705 g/mol. The number of nitrogens with zero attached hydrogens (tertiary/aromatic N) is 2. The van der Waals surface area contributed by atoms with Crippen LogP contribution in [0.1, 0.15) is 114 Å². The lowest BCUT2D eigenvalue weighted by Gasteiger charge is -2.50. The fourth-order valence-electron chi connectivity index (χ4n) is 8.54. The number of aromatic hydroxyl groups is 1. The fraction of sp³-hybridized carbons (Fsp3) is 0.564. The van der Waals surface area contributed by atoms with Gasteiger partial charge in [0.05, 0.1) is 59.2 Å². The molecular weight excluding hydrogens is 656 g/mol. The molecule has 10 atom stereocenters. The summed E-state index contributed by atoms with van der Waals surface area (Å²) in [6.45, 7) is 10.8. The number of aliphatic hydroxyl groups is 2. The van der Waals surface area contributed by atoms with Crippen molar-refractivity contribution in [1.82, 2.24) is 9.80 Å². The number of likely N-dealkylation sites (N-methyl/N-ethyl adjacent to an activating group) is 2. The normalized spacial score (nSPS) is 35.0. The molecule has 51 heavy (non-hydrogen) atoms. The van der Waals surface area contributed by atoms with Crippen LogP contribution < -0.4 is 5.43 Å². The maximum absolute atomic E-state index is 14.8. The van der Waals surface area contributed by atoms with Crippen LogP contribution in [0.25, 0.3) is 11.0 Å². The Kier molecular flexibility index (Phi) is 8.46. The minimum Gasteiger partial charge on any atom is -0.507 e. The maximum Gasteiger partial charge on any atom is 0.202 e. The van der Waals surface area contributed by atoms with Crippen LogP contribution in [0, 0.1) is 6.92 Å². The zero-order valence-corrected chi connectivity index (χ0v) is 30.9. The summed E-state index contributed by atoms with van der Waals surface area (Å²) in [5, 5.41) is 34.9. The highest BCUT2D eigenvalue weighted by atomic mass is 16.6. The third kappa shape index (κ3) is 5.25. The highest BCUT2D eigenvalue weighted by Crippen LogP contribution is 2.51. The number of aryl methyl sites for hydroxylation is 1. The Balaban J connectivity index is 1.47. The SMILES string of the molecule is Cc1cc2c(c3oc([C@@]4(C)O[C@H]4C)cc(=O)c13)C(=O)c1c(cc([C@H]3C[C@@H](N(C)C)[C@H](O)[C@@H](C)O3)c([C@@H]3C[C@@](C)(N(C)C)[C@H](O)[C@H](C)O3)c1O)C2=O. The third-order valence-corrected chi connectivity index (χ3v) is 12.3. The first-order chi connectivity index (χ1) is 23.8. The van der Waals surface area contributed by atoms with Gasteiger partial charge in [0.15, 0.2) is 11.2 Å². The van der Waals surface area contributed by atoms with Gasteiger partial charge in [0.1, 0.15) is 22.7 Å². The number of ketones is 2. The Labute approximate surface area is 296 Å². The number of fused-ring (bicyclic) bond motifs is 4. The molecule has 4 heterocycles. The number of carbonyl (C=O) groups excluding carboxylic acids is 2. The number of hydrogen-bond acceptors (Lipinski definition) is 12. The quantitative estimate of drug-likeness (QED) is 0.258. The predicted molar refractivity (Wildman–Crippen MR) is 187 cm³/mol. The second kappa shape index (κ2) is 12.0. The van der Waals surface area contributed by atoms with Crippen LogP contribution in [0.4, 0.5) is 0 Å². The summed E-state index contributed by atoms with van der Waals surface area (Å²) in [6.07, 6.45) is -4.07. The van der Waals surface area contributed by atoms with E-state index in [4.69, 9.17) is 18.6 Å². The minimum atomic E-state index is -0.868. The molecule has 0 amide bonds. The predicted octanol–water partition coefficient (Wildman–Crippen LogP) is 3.89. The lowest BCUT2D eigenvalue weighted by molar-refractivity contribution is -0.177. The molecule has 3 fully saturated rings. The average Bonchev–Trinajstić information content (AvgIpc) is 3.68. The van der Waals surface area contributed by atoms with Gasteiger partial charge in [-0.3, -0.25) is 14.4 Å². The number of ether oxygens (including phenoxy) is 3. The first kappa shape index (κ1) is 35.9. The van der Waals surface area contributed by atoms with Crippen molar-refractivity contribution < 1.29 is 43.5 Å². The first-order valence-corrected chi connectivity index (χ1v) is 17.6. The topological polar surface area (TPSA) is 163 Å². The molecule has 2 aromatic carbocycles. The van der Waals surface area contributed by atoms with E-state index >= 15 is 0 Å². The summed E-state index contributed by atoms with van der Waals surface area (Å²) >= 11 is 0. The third-order valence-electron chi connectivity index (χ3n) is 12.3. The molecule has 0 unspecified atom stereocenters. The zero-order valence-electron chi connectivity index (χ0n) is 30.9. The Hall–Kier alpha value is -3.49. The molecule has 3 aromatic rings. The van der Waals surface area contributed by atoms with E-state index in [1.54, 1.807) is 33.8 Å². The Morgan fingerprint density at radius 2 is 1.49 bits per heavy atom. The zero-order chi connectivity index (χ0) is 37.2. The second-order valence-corrected chi connectivity index (χ2v) is 15.8. The van der Waals surface area contributed by atoms with Crippen molar-refractivity contribution in [3.05, 3.63) is 73.1 Å². The number of benzene rings is 2. The molecule has 274 valence electrons. The van der Waals surface area contributed by atoms with Gasteiger partial charge in [-0.2, -0.15) is 0 Å². The van der Waals surface area contributed by atoms with Gasteiger partial charge >= 0.3 is 0 Å². The summed E-state index contributed by atoms with van der Waals surface area (Å²) in [5.74, 6) is -1.35. The van der Waals surface area contributed by atoms with E-state index in [2.05, 4.69) is 0 Å². The summed E-state index contributed by atoms with van der Waals surface area (Å²) in [5.41, 5.74) is -1.06. The number of hydrogen-bond donors (Lipinski definition) is 3. The lowest BCUT2D eigenvalue weighted by atomic mass is 9.74. The van der Waals surface area contributed by atoms with Crippen molar-refractivity contribution in [2.45, 2.75) is 114 Å². The number of phenols is 1. The van der Waals surface area contributed by atoms with Gasteiger partial charge in [0.2, 0.25) is 5.78 Å². The number of phenolic OH excluding ortho intramolecular Hbond substituents is 1.